The fourth-order valence-corrected chi connectivity index (χ4v) is 6.10. The highest BCUT2D eigenvalue weighted by Crippen LogP contribution is 2.43. The molecule has 0 bridgehead atoms. The van der Waals surface area contributed by atoms with E-state index in [9.17, 15) is 34.8 Å². The van der Waals surface area contributed by atoms with Crippen LogP contribution in [0.25, 0.3) is 56.0 Å². The minimum atomic E-state index is -4.11. The number of carbonyl (C=O) groups is 1. The molecular formula is C32H24F3N3O8S2. The zero-order chi connectivity index (χ0) is 34.7. The Hall–Kier alpha value is -5.35. The van der Waals surface area contributed by atoms with Gasteiger partial charge in [0.1, 0.15) is 34.2 Å². The summed E-state index contributed by atoms with van der Waals surface area (Å²) in [5.41, 5.74) is 0.401. The maximum absolute atomic E-state index is 14.5. The molecule has 6 aromatic rings. The van der Waals surface area contributed by atoms with Crippen LogP contribution in [0.1, 0.15) is 10.4 Å². The third-order valence-corrected chi connectivity index (χ3v) is 9.01. The van der Waals surface area contributed by atoms with Crippen molar-refractivity contribution in [2.75, 3.05) is 30.9 Å². The van der Waals surface area contributed by atoms with Crippen LogP contribution in [0.5, 0.6) is 5.75 Å². The molecule has 0 aliphatic heterocycles. The minimum Gasteiger partial charge on any atom is -0.455 e. The number of hydrogen-bond acceptors (Lipinski definition) is 9. The summed E-state index contributed by atoms with van der Waals surface area (Å²) in [7, 11) is -5.36. The third-order valence-electron chi connectivity index (χ3n) is 7.33. The number of aromatic nitrogens is 1. The zero-order valence-electron chi connectivity index (χ0n) is 25.5. The van der Waals surface area contributed by atoms with Gasteiger partial charge in [0.2, 0.25) is 15.9 Å². The zero-order valence-corrected chi connectivity index (χ0v) is 27.1. The molecule has 1 amide bonds. The fourth-order valence-electron chi connectivity index (χ4n) is 5.14. The quantitative estimate of drug-likeness (QED) is 0.186. The van der Waals surface area contributed by atoms with E-state index in [1.807, 2.05) is 0 Å². The number of amides is 1. The molecule has 0 aliphatic carbocycles. The number of oxazole rings is 1. The number of rotatable bonds is 8. The number of anilines is 1. The predicted molar refractivity (Wildman–Crippen MR) is 172 cm³/mol. The van der Waals surface area contributed by atoms with E-state index in [2.05, 4.69) is 10.3 Å². The molecule has 0 unspecified atom stereocenters. The highest BCUT2D eigenvalue weighted by Gasteiger charge is 2.27. The molecule has 0 spiro atoms. The van der Waals surface area contributed by atoms with E-state index in [4.69, 9.17) is 13.0 Å². The maximum Gasteiger partial charge on any atom is 0.306 e. The van der Waals surface area contributed by atoms with Gasteiger partial charge in [-0.2, -0.15) is 8.42 Å². The molecule has 0 saturated carbocycles. The standard InChI is InChI=1S/C32H24F3N3O8S2/c1-36-31(39)28-23-14-22(26(38(2)47(3,40)41)15-27(23)44-29(28)16-5-7-19(33)8-6-16)17-9-18(11-21(10-17)46-48(4,42)43)32-37-25-13-20(34)12-24(35)30(25)45-32/h5-15H,1-4H3,(H,36,39). The lowest BCUT2D eigenvalue weighted by atomic mass is 9.97. The molecule has 2 aromatic heterocycles. The molecule has 0 fully saturated rings. The van der Waals surface area contributed by atoms with Gasteiger partial charge in [0.15, 0.2) is 11.4 Å². The van der Waals surface area contributed by atoms with Crippen molar-refractivity contribution < 1.29 is 47.8 Å². The Labute approximate surface area is 271 Å². The highest BCUT2D eigenvalue weighted by molar-refractivity contribution is 7.92. The molecule has 0 atom stereocenters. The van der Waals surface area contributed by atoms with E-state index < -0.39 is 43.5 Å². The SMILES string of the molecule is CNC(=O)c1c(-c2ccc(F)cc2)oc2cc(N(C)S(C)(=O)=O)c(-c3cc(OS(C)(=O)=O)cc(-c4nc5cc(F)cc(F)c5o4)c3)cc12. The molecule has 16 heteroatoms. The number of carbonyl (C=O) groups excluding carboxylic acids is 1. The summed E-state index contributed by atoms with van der Waals surface area (Å²) in [6, 6.07) is 13.6. The summed E-state index contributed by atoms with van der Waals surface area (Å²) in [4.78, 5) is 17.4. The Balaban J connectivity index is 1.67. The van der Waals surface area contributed by atoms with Crippen LogP contribution in [-0.4, -0.2) is 54.3 Å². The first-order chi connectivity index (χ1) is 22.5. The molecule has 6 rings (SSSR count). The lowest BCUT2D eigenvalue weighted by molar-refractivity contribution is 0.0964. The van der Waals surface area contributed by atoms with Gasteiger partial charge in [0.05, 0.1) is 23.8 Å². The van der Waals surface area contributed by atoms with Crippen molar-refractivity contribution in [2.45, 2.75) is 0 Å². The normalized spacial score (nSPS) is 12.1. The summed E-state index contributed by atoms with van der Waals surface area (Å²) < 4.78 is 110. The van der Waals surface area contributed by atoms with Crippen LogP contribution < -0.4 is 13.8 Å². The van der Waals surface area contributed by atoms with E-state index in [0.717, 1.165) is 22.9 Å². The van der Waals surface area contributed by atoms with Crippen LogP contribution in [0.3, 0.4) is 0 Å². The van der Waals surface area contributed by atoms with Crippen LogP contribution in [0.2, 0.25) is 0 Å². The van der Waals surface area contributed by atoms with Crippen LogP contribution in [0.4, 0.5) is 18.9 Å². The molecule has 11 nitrogen and oxygen atoms in total. The molecule has 2 heterocycles. The molecular weight excluding hydrogens is 675 g/mol. The molecule has 0 radical (unpaired) electrons. The van der Waals surface area contributed by atoms with Gasteiger partial charge in [0.25, 0.3) is 5.91 Å². The first-order valence-electron chi connectivity index (χ1n) is 13.9. The van der Waals surface area contributed by atoms with Gasteiger partial charge in [-0.3, -0.25) is 9.10 Å². The van der Waals surface area contributed by atoms with Gasteiger partial charge in [-0.25, -0.2) is 26.6 Å². The summed E-state index contributed by atoms with van der Waals surface area (Å²) in [5, 5.41) is 2.77. The number of halogens is 3. The van der Waals surface area contributed by atoms with Crippen LogP contribution in [-0.2, 0) is 20.1 Å². The van der Waals surface area contributed by atoms with Gasteiger partial charge < -0.3 is 18.3 Å². The molecule has 48 heavy (non-hydrogen) atoms. The number of sulfonamides is 1. The Morgan fingerprint density at radius 2 is 1.54 bits per heavy atom. The topological polar surface area (TPSA) is 149 Å². The molecule has 0 aliphatic rings. The molecule has 248 valence electrons. The van der Waals surface area contributed by atoms with Crippen molar-refractivity contribution in [1.82, 2.24) is 10.3 Å². The second-order valence-electron chi connectivity index (χ2n) is 10.8. The number of hydrogen-bond donors (Lipinski definition) is 1. The molecule has 4 aromatic carbocycles. The predicted octanol–water partition coefficient (Wildman–Crippen LogP) is 6.09. The second-order valence-corrected chi connectivity index (χ2v) is 14.4. The summed E-state index contributed by atoms with van der Waals surface area (Å²) in [6.07, 6.45) is 1.77. The smallest absolute Gasteiger partial charge is 0.306 e. The van der Waals surface area contributed by atoms with Crippen LogP contribution in [0.15, 0.2) is 75.6 Å². The lowest BCUT2D eigenvalue weighted by Crippen LogP contribution is -2.25. The Bertz CT molecular complexity index is 2490. The van der Waals surface area contributed by atoms with Crippen LogP contribution >= 0.6 is 0 Å². The molecule has 1 N–H and O–H groups in total. The van der Waals surface area contributed by atoms with Gasteiger partial charge in [-0.15, -0.1) is 0 Å². The first kappa shape index (κ1) is 32.6. The van der Waals surface area contributed by atoms with E-state index >= 15 is 0 Å². The Morgan fingerprint density at radius 1 is 0.854 bits per heavy atom. The van der Waals surface area contributed by atoms with Gasteiger partial charge in [-0.1, -0.05) is 0 Å². The number of nitrogens with zero attached hydrogens (tertiary/aromatic N) is 2. The number of nitrogens with one attached hydrogen (secondary N) is 1. The number of fused-ring (bicyclic) bond motifs is 2. The Kier molecular flexibility index (Phi) is 7.95. The van der Waals surface area contributed by atoms with Crippen molar-refractivity contribution in [2.24, 2.45) is 0 Å². The highest BCUT2D eigenvalue weighted by atomic mass is 32.2. The minimum absolute atomic E-state index is 0.0426. The first-order valence-corrected chi connectivity index (χ1v) is 17.5. The van der Waals surface area contributed by atoms with Gasteiger partial charge in [-0.05, 0) is 54.1 Å². The van der Waals surface area contributed by atoms with E-state index in [1.165, 1.54) is 68.7 Å². The average Bonchev–Trinajstić information content (AvgIpc) is 3.60. The van der Waals surface area contributed by atoms with Crippen molar-refractivity contribution in [1.29, 1.82) is 0 Å². The number of furan rings is 1. The Morgan fingerprint density at radius 3 is 2.19 bits per heavy atom. The van der Waals surface area contributed by atoms with Crippen molar-refractivity contribution >= 4 is 53.8 Å². The second kappa shape index (κ2) is 11.7. The third kappa shape index (κ3) is 6.18. The van der Waals surface area contributed by atoms with E-state index in [0.29, 0.717) is 11.6 Å². The fraction of sp³-hybridized carbons (Fsp3) is 0.125. The van der Waals surface area contributed by atoms with Gasteiger partial charge >= 0.3 is 10.1 Å². The maximum atomic E-state index is 14.5. The molecule has 0 saturated heterocycles. The van der Waals surface area contributed by atoms with E-state index in [-0.39, 0.29) is 67.4 Å². The summed E-state index contributed by atoms with van der Waals surface area (Å²) in [6.45, 7) is 0. The summed E-state index contributed by atoms with van der Waals surface area (Å²) in [5.74, 6) is -3.42. The number of benzene rings is 4. The van der Waals surface area contributed by atoms with E-state index in [1.54, 1.807) is 0 Å². The monoisotopic (exact) mass is 699 g/mol. The van der Waals surface area contributed by atoms with Crippen molar-refractivity contribution in [3.63, 3.8) is 0 Å². The average molecular weight is 700 g/mol. The lowest BCUT2D eigenvalue weighted by Gasteiger charge is -2.21. The van der Waals surface area contributed by atoms with Crippen LogP contribution in [0, 0.1) is 17.5 Å². The van der Waals surface area contributed by atoms with Crippen molar-refractivity contribution in [3.8, 4) is 39.7 Å². The largest absolute Gasteiger partial charge is 0.455 e. The van der Waals surface area contributed by atoms with Crippen molar-refractivity contribution in [3.05, 3.63) is 89.7 Å². The van der Waals surface area contributed by atoms with Gasteiger partial charge in [0, 0.05) is 54.4 Å². The summed E-state index contributed by atoms with van der Waals surface area (Å²) >= 11 is 0.